The summed E-state index contributed by atoms with van der Waals surface area (Å²) in [5, 5.41) is 3.80. The number of carbonyl (C=O) groups is 1. The quantitative estimate of drug-likeness (QED) is 0.724. The maximum Gasteiger partial charge on any atom is 0.361 e. The minimum atomic E-state index is -0.581. The fraction of sp³-hybridized carbons (Fsp3) is 0.500. The van der Waals surface area contributed by atoms with Gasteiger partial charge >= 0.3 is 5.97 Å². The SMILES string of the molecule is CCOC(=O)c1nn(CCF)cc1N. The van der Waals surface area contributed by atoms with Crippen molar-refractivity contribution in [3.63, 3.8) is 0 Å². The fourth-order valence-corrected chi connectivity index (χ4v) is 0.996. The van der Waals surface area contributed by atoms with E-state index in [4.69, 9.17) is 10.5 Å². The lowest BCUT2D eigenvalue weighted by Crippen LogP contribution is -2.09. The van der Waals surface area contributed by atoms with Crippen molar-refractivity contribution in [1.82, 2.24) is 9.78 Å². The van der Waals surface area contributed by atoms with Gasteiger partial charge in [0.15, 0.2) is 5.69 Å². The van der Waals surface area contributed by atoms with Gasteiger partial charge in [-0.05, 0) is 6.92 Å². The molecule has 14 heavy (non-hydrogen) atoms. The van der Waals surface area contributed by atoms with Gasteiger partial charge in [-0.25, -0.2) is 9.18 Å². The fourth-order valence-electron chi connectivity index (χ4n) is 0.996. The molecule has 78 valence electrons. The predicted octanol–water partition coefficient (Wildman–Crippen LogP) is 0.612. The van der Waals surface area contributed by atoms with Crippen LogP contribution in [0.2, 0.25) is 0 Å². The van der Waals surface area contributed by atoms with E-state index in [2.05, 4.69) is 5.10 Å². The maximum atomic E-state index is 12.0. The van der Waals surface area contributed by atoms with Crippen LogP contribution in [0.25, 0.3) is 0 Å². The third-order valence-corrected chi connectivity index (χ3v) is 1.57. The van der Waals surface area contributed by atoms with E-state index in [9.17, 15) is 9.18 Å². The van der Waals surface area contributed by atoms with Crippen LogP contribution in [0.4, 0.5) is 10.1 Å². The van der Waals surface area contributed by atoms with Crippen molar-refractivity contribution >= 4 is 11.7 Å². The molecule has 0 saturated heterocycles. The number of hydrogen-bond donors (Lipinski definition) is 1. The Bertz CT molecular complexity index is 324. The number of aromatic nitrogens is 2. The summed E-state index contributed by atoms with van der Waals surface area (Å²) in [5.74, 6) is -0.581. The third kappa shape index (κ3) is 2.21. The van der Waals surface area contributed by atoms with Crippen LogP contribution in [0.3, 0.4) is 0 Å². The number of hydrogen-bond acceptors (Lipinski definition) is 4. The molecule has 0 aliphatic heterocycles. The summed E-state index contributed by atoms with van der Waals surface area (Å²) in [6, 6.07) is 0. The van der Waals surface area contributed by atoms with Gasteiger partial charge in [0, 0.05) is 6.20 Å². The largest absolute Gasteiger partial charge is 0.461 e. The Kier molecular flexibility index (Phi) is 3.44. The first kappa shape index (κ1) is 10.5. The third-order valence-electron chi connectivity index (χ3n) is 1.57. The molecular weight excluding hydrogens is 189 g/mol. The molecule has 0 saturated carbocycles. The summed E-state index contributed by atoms with van der Waals surface area (Å²) >= 11 is 0. The molecule has 1 rings (SSSR count). The van der Waals surface area contributed by atoms with Crippen molar-refractivity contribution in [2.24, 2.45) is 0 Å². The number of aryl methyl sites for hydroxylation is 1. The van der Waals surface area contributed by atoms with Crippen LogP contribution in [-0.2, 0) is 11.3 Å². The van der Waals surface area contributed by atoms with Gasteiger partial charge in [-0.15, -0.1) is 0 Å². The van der Waals surface area contributed by atoms with Gasteiger partial charge in [-0.2, -0.15) is 5.10 Å². The second-order valence-corrected chi connectivity index (χ2v) is 2.61. The van der Waals surface area contributed by atoms with Crippen molar-refractivity contribution in [1.29, 1.82) is 0 Å². The second-order valence-electron chi connectivity index (χ2n) is 2.61. The molecule has 1 aromatic rings. The minimum Gasteiger partial charge on any atom is -0.461 e. The molecule has 0 radical (unpaired) electrons. The van der Waals surface area contributed by atoms with Gasteiger partial charge in [0.25, 0.3) is 0 Å². The Balaban J connectivity index is 2.81. The minimum absolute atomic E-state index is 0.0419. The van der Waals surface area contributed by atoms with E-state index in [1.807, 2.05) is 0 Å². The van der Waals surface area contributed by atoms with Gasteiger partial charge in [0.1, 0.15) is 6.67 Å². The Hall–Kier alpha value is -1.59. The number of nitrogen functional groups attached to an aromatic ring is 1. The van der Waals surface area contributed by atoms with Crippen LogP contribution in [-0.4, -0.2) is 29.0 Å². The average Bonchev–Trinajstić information content (AvgIpc) is 2.48. The van der Waals surface area contributed by atoms with Crippen molar-refractivity contribution in [2.75, 3.05) is 19.0 Å². The highest BCUT2D eigenvalue weighted by Crippen LogP contribution is 2.10. The molecule has 6 heteroatoms. The van der Waals surface area contributed by atoms with Gasteiger partial charge in [0.2, 0.25) is 0 Å². The van der Waals surface area contributed by atoms with Crippen molar-refractivity contribution in [3.8, 4) is 0 Å². The molecule has 0 aliphatic carbocycles. The van der Waals surface area contributed by atoms with Gasteiger partial charge in [0.05, 0.1) is 18.8 Å². The standard InChI is InChI=1S/C8H12FN3O2/c1-2-14-8(13)7-6(10)5-12(11-7)4-3-9/h5H,2-4,10H2,1H3. The molecule has 0 amide bonds. The number of ether oxygens (including phenoxy) is 1. The Morgan fingerprint density at radius 2 is 2.50 bits per heavy atom. The first-order valence-electron chi connectivity index (χ1n) is 4.25. The molecule has 0 aromatic carbocycles. The highest BCUT2D eigenvalue weighted by Gasteiger charge is 2.15. The lowest BCUT2D eigenvalue weighted by atomic mass is 10.4. The van der Waals surface area contributed by atoms with E-state index < -0.39 is 12.6 Å². The van der Waals surface area contributed by atoms with E-state index in [0.29, 0.717) is 0 Å². The maximum absolute atomic E-state index is 12.0. The summed E-state index contributed by atoms with van der Waals surface area (Å²) in [6.07, 6.45) is 1.41. The first-order chi connectivity index (χ1) is 6.69. The van der Waals surface area contributed by atoms with Crippen LogP contribution < -0.4 is 5.73 Å². The van der Waals surface area contributed by atoms with Crippen molar-refractivity contribution in [3.05, 3.63) is 11.9 Å². The van der Waals surface area contributed by atoms with Crippen molar-refractivity contribution < 1.29 is 13.9 Å². The Morgan fingerprint density at radius 1 is 1.79 bits per heavy atom. The number of halogens is 1. The summed E-state index contributed by atoms with van der Waals surface area (Å²) in [6.45, 7) is 1.48. The summed E-state index contributed by atoms with van der Waals surface area (Å²) < 4.78 is 17.9. The van der Waals surface area contributed by atoms with E-state index in [1.165, 1.54) is 10.9 Å². The zero-order valence-electron chi connectivity index (χ0n) is 7.86. The summed E-state index contributed by atoms with van der Waals surface area (Å²) in [5.41, 5.74) is 5.74. The number of nitrogens with two attached hydrogens (primary N) is 1. The topological polar surface area (TPSA) is 70.1 Å². The molecule has 1 aromatic heterocycles. The van der Waals surface area contributed by atoms with Crippen LogP contribution in [0.1, 0.15) is 17.4 Å². The molecule has 0 bridgehead atoms. The molecule has 1 heterocycles. The number of anilines is 1. The number of carbonyl (C=O) groups excluding carboxylic acids is 1. The smallest absolute Gasteiger partial charge is 0.361 e. The van der Waals surface area contributed by atoms with E-state index in [-0.39, 0.29) is 24.5 Å². The van der Waals surface area contributed by atoms with Gasteiger partial charge in [-0.3, -0.25) is 4.68 Å². The van der Waals surface area contributed by atoms with E-state index in [0.717, 1.165) is 0 Å². The van der Waals surface area contributed by atoms with Gasteiger partial charge < -0.3 is 10.5 Å². The van der Waals surface area contributed by atoms with Crippen LogP contribution in [0.15, 0.2) is 6.20 Å². The average molecular weight is 201 g/mol. The van der Waals surface area contributed by atoms with E-state index in [1.54, 1.807) is 6.92 Å². The number of nitrogens with zero attached hydrogens (tertiary/aromatic N) is 2. The van der Waals surface area contributed by atoms with Crippen LogP contribution in [0, 0.1) is 0 Å². The normalized spacial score (nSPS) is 10.1. The highest BCUT2D eigenvalue weighted by molar-refractivity contribution is 5.92. The molecule has 0 atom stereocenters. The molecule has 0 fully saturated rings. The number of rotatable bonds is 4. The number of esters is 1. The summed E-state index contributed by atoms with van der Waals surface area (Å²) in [7, 11) is 0. The second kappa shape index (κ2) is 4.59. The highest BCUT2D eigenvalue weighted by atomic mass is 19.1. The molecule has 0 aliphatic rings. The Labute approximate surface area is 80.6 Å². The lowest BCUT2D eigenvalue weighted by molar-refractivity contribution is 0.0519. The molecule has 5 nitrogen and oxygen atoms in total. The first-order valence-corrected chi connectivity index (χ1v) is 4.25. The molecule has 0 unspecified atom stereocenters. The lowest BCUT2D eigenvalue weighted by Gasteiger charge is -1.97. The molecule has 0 spiro atoms. The van der Waals surface area contributed by atoms with Crippen LogP contribution in [0.5, 0.6) is 0 Å². The van der Waals surface area contributed by atoms with E-state index >= 15 is 0 Å². The van der Waals surface area contributed by atoms with Crippen molar-refractivity contribution in [2.45, 2.75) is 13.5 Å². The zero-order chi connectivity index (χ0) is 10.6. The zero-order valence-corrected chi connectivity index (χ0v) is 7.86. The van der Waals surface area contributed by atoms with Gasteiger partial charge in [-0.1, -0.05) is 0 Å². The number of alkyl halides is 1. The molecular formula is C8H12FN3O2. The summed E-state index contributed by atoms with van der Waals surface area (Å²) in [4.78, 5) is 11.2. The Morgan fingerprint density at radius 3 is 3.07 bits per heavy atom. The predicted molar refractivity (Wildman–Crippen MR) is 48.6 cm³/mol. The van der Waals surface area contributed by atoms with Crippen LogP contribution >= 0.6 is 0 Å². The molecule has 2 N–H and O–H groups in total. The monoisotopic (exact) mass is 201 g/mol.